The first-order chi connectivity index (χ1) is 8.72. The van der Waals surface area contributed by atoms with E-state index in [-0.39, 0.29) is 5.56 Å². The minimum absolute atomic E-state index is 0.0593. The maximum Gasteiger partial charge on any atom is 0.258 e. The third-order valence-corrected chi connectivity index (χ3v) is 2.37. The summed E-state index contributed by atoms with van der Waals surface area (Å²) in [5.41, 5.74) is 0.428. The van der Waals surface area contributed by atoms with Crippen molar-refractivity contribution in [1.82, 2.24) is 4.98 Å². The molecule has 0 unspecified atom stereocenters. The summed E-state index contributed by atoms with van der Waals surface area (Å²) in [6.45, 7) is 0. The third-order valence-electron chi connectivity index (χ3n) is 2.37. The van der Waals surface area contributed by atoms with Gasteiger partial charge in [-0.3, -0.25) is 9.78 Å². The number of anilines is 1. The quantitative estimate of drug-likeness (QED) is 0.905. The summed E-state index contributed by atoms with van der Waals surface area (Å²) in [7, 11) is 1.50. The van der Waals surface area contributed by atoms with E-state index in [1.807, 2.05) is 0 Å². The number of rotatable bonds is 3. The number of pyridine rings is 1. The van der Waals surface area contributed by atoms with Gasteiger partial charge >= 0.3 is 0 Å². The van der Waals surface area contributed by atoms with E-state index in [9.17, 15) is 9.18 Å². The number of halogens is 1. The molecule has 2 aromatic rings. The number of aromatic nitrogens is 1. The molecule has 92 valence electrons. The molecule has 0 aliphatic rings. The van der Waals surface area contributed by atoms with Gasteiger partial charge in [0.05, 0.1) is 24.6 Å². The number of carbonyl (C=O) groups is 1. The van der Waals surface area contributed by atoms with Crippen LogP contribution in [0.25, 0.3) is 0 Å². The number of para-hydroxylation sites is 2. The van der Waals surface area contributed by atoms with Gasteiger partial charge in [-0.1, -0.05) is 12.1 Å². The van der Waals surface area contributed by atoms with Crippen LogP contribution in [-0.4, -0.2) is 18.0 Å². The van der Waals surface area contributed by atoms with Gasteiger partial charge in [-0.2, -0.15) is 0 Å². The average molecular weight is 246 g/mol. The molecule has 0 atom stereocenters. The van der Waals surface area contributed by atoms with Crippen LogP contribution in [0.15, 0.2) is 42.7 Å². The van der Waals surface area contributed by atoms with E-state index in [1.165, 1.54) is 19.4 Å². The van der Waals surface area contributed by atoms with Crippen molar-refractivity contribution in [3.63, 3.8) is 0 Å². The molecule has 5 heteroatoms. The number of carbonyl (C=O) groups excluding carboxylic acids is 1. The van der Waals surface area contributed by atoms with Crippen LogP contribution in [0.5, 0.6) is 5.75 Å². The monoisotopic (exact) mass is 246 g/mol. The number of hydrogen-bond donors (Lipinski definition) is 1. The minimum atomic E-state index is -0.662. The third kappa shape index (κ3) is 2.45. The van der Waals surface area contributed by atoms with E-state index in [1.54, 1.807) is 24.3 Å². The fourth-order valence-electron chi connectivity index (χ4n) is 1.50. The van der Waals surface area contributed by atoms with Gasteiger partial charge in [-0.25, -0.2) is 4.39 Å². The minimum Gasteiger partial charge on any atom is -0.495 e. The normalized spacial score (nSPS) is 9.89. The van der Waals surface area contributed by atoms with E-state index in [4.69, 9.17) is 4.74 Å². The maximum absolute atomic E-state index is 13.4. The standard InChI is InChI=1S/C13H11FN2O2/c1-18-12-5-3-2-4-11(12)16-13(17)9-6-7-15-8-10(9)14/h2-8H,1H3,(H,16,17). The van der Waals surface area contributed by atoms with Gasteiger partial charge in [0.1, 0.15) is 5.75 Å². The zero-order valence-electron chi connectivity index (χ0n) is 9.68. The molecule has 0 aliphatic carbocycles. The highest BCUT2D eigenvalue weighted by molar-refractivity contribution is 6.05. The lowest BCUT2D eigenvalue weighted by Gasteiger charge is -2.09. The lowest BCUT2D eigenvalue weighted by atomic mass is 10.2. The molecule has 18 heavy (non-hydrogen) atoms. The molecule has 0 fully saturated rings. The SMILES string of the molecule is COc1ccccc1NC(=O)c1ccncc1F. The van der Waals surface area contributed by atoms with Crippen LogP contribution in [-0.2, 0) is 0 Å². The fourth-order valence-corrected chi connectivity index (χ4v) is 1.50. The van der Waals surface area contributed by atoms with Crippen molar-refractivity contribution in [1.29, 1.82) is 0 Å². The van der Waals surface area contributed by atoms with Gasteiger partial charge in [0, 0.05) is 6.20 Å². The number of benzene rings is 1. The second-order valence-corrected chi connectivity index (χ2v) is 3.51. The number of ether oxygens (including phenoxy) is 1. The molecule has 1 N–H and O–H groups in total. The Balaban J connectivity index is 2.24. The van der Waals surface area contributed by atoms with Crippen molar-refractivity contribution in [3.8, 4) is 5.75 Å². The first-order valence-electron chi connectivity index (χ1n) is 5.26. The van der Waals surface area contributed by atoms with E-state index >= 15 is 0 Å². The summed E-state index contributed by atoms with van der Waals surface area (Å²) >= 11 is 0. The van der Waals surface area contributed by atoms with Crippen molar-refractivity contribution in [2.75, 3.05) is 12.4 Å². The predicted molar refractivity (Wildman–Crippen MR) is 65.1 cm³/mol. The van der Waals surface area contributed by atoms with Gasteiger partial charge in [0.15, 0.2) is 5.82 Å². The molecular formula is C13H11FN2O2. The topological polar surface area (TPSA) is 51.2 Å². The van der Waals surface area contributed by atoms with Crippen molar-refractivity contribution in [3.05, 3.63) is 54.1 Å². The van der Waals surface area contributed by atoms with Crippen molar-refractivity contribution >= 4 is 11.6 Å². The van der Waals surface area contributed by atoms with Crippen LogP contribution in [0.4, 0.5) is 10.1 Å². The summed E-state index contributed by atoms with van der Waals surface area (Å²) in [4.78, 5) is 15.5. The second-order valence-electron chi connectivity index (χ2n) is 3.51. The number of nitrogens with one attached hydrogen (secondary N) is 1. The number of methoxy groups -OCH3 is 1. The van der Waals surface area contributed by atoms with Gasteiger partial charge in [0.25, 0.3) is 5.91 Å². The Kier molecular flexibility index (Phi) is 3.52. The molecule has 4 nitrogen and oxygen atoms in total. The molecule has 1 amide bonds. The van der Waals surface area contributed by atoms with Crippen LogP contribution in [0.1, 0.15) is 10.4 Å². The Hall–Kier alpha value is -2.43. The Morgan fingerprint density at radius 2 is 2.11 bits per heavy atom. The molecule has 0 aliphatic heterocycles. The molecule has 1 aromatic carbocycles. The summed E-state index contributed by atoms with van der Waals surface area (Å²) in [6.07, 6.45) is 2.36. The van der Waals surface area contributed by atoms with Crippen LogP contribution in [0, 0.1) is 5.82 Å². The number of amides is 1. The molecular weight excluding hydrogens is 235 g/mol. The molecule has 0 radical (unpaired) electrons. The zero-order chi connectivity index (χ0) is 13.0. The first-order valence-corrected chi connectivity index (χ1v) is 5.26. The smallest absolute Gasteiger partial charge is 0.258 e. The van der Waals surface area contributed by atoms with Gasteiger partial charge in [-0.15, -0.1) is 0 Å². The van der Waals surface area contributed by atoms with Gasteiger partial charge in [0.2, 0.25) is 0 Å². The van der Waals surface area contributed by atoms with Crippen LogP contribution < -0.4 is 10.1 Å². The van der Waals surface area contributed by atoms with Crippen molar-refractivity contribution in [2.24, 2.45) is 0 Å². The van der Waals surface area contributed by atoms with Crippen LogP contribution in [0.2, 0.25) is 0 Å². The highest BCUT2D eigenvalue weighted by atomic mass is 19.1. The first kappa shape index (κ1) is 12.0. The average Bonchev–Trinajstić information content (AvgIpc) is 2.39. The fraction of sp³-hybridized carbons (Fsp3) is 0.0769. The van der Waals surface area contributed by atoms with E-state index in [0.717, 1.165) is 6.20 Å². The summed E-state index contributed by atoms with van der Waals surface area (Å²) < 4.78 is 18.5. The number of nitrogens with zero attached hydrogens (tertiary/aromatic N) is 1. The lowest BCUT2D eigenvalue weighted by molar-refractivity contribution is 0.102. The summed E-state index contributed by atoms with van der Waals surface area (Å²) in [6, 6.07) is 8.23. The lowest BCUT2D eigenvalue weighted by Crippen LogP contribution is -2.14. The Morgan fingerprint density at radius 1 is 1.33 bits per heavy atom. The Morgan fingerprint density at radius 3 is 2.83 bits per heavy atom. The van der Waals surface area contributed by atoms with Gasteiger partial charge in [-0.05, 0) is 18.2 Å². The van der Waals surface area contributed by atoms with E-state index in [2.05, 4.69) is 10.3 Å². The summed E-state index contributed by atoms with van der Waals surface area (Å²) in [5, 5.41) is 2.59. The molecule has 0 saturated heterocycles. The Bertz CT molecular complexity index is 572. The van der Waals surface area contributed by atoms with Crippen molar-refractivity contribution < 1.29 is 13.9 Å². The zero-order valence-corrected chi connectivity index (χ0v) is 9.68. The Labute approximate surface area is 103 Å². The van der Waals surface area contributed by atoms with Gasteiger partial charge < -0.3 is 10.1 Å². The maximum atomic E-state index is 13.4. The highest BCUT2D eigenvalue weighted by Crippen LogP contribution is 2.23. The predicted octanol–water partition coefficient (Wildman–Crippen LogP) is 2.48. The molecule has 1 aromatic heterocycles. The molecule has 0 bridgehead atoms. The van der Waals surface area contributed by atoms with E-state index < -0.39 is 11.7 Å². The largest absolute Gasteiger partial charge is 0.495 e. The second kappa shape index (κ2) is 5.27. The molecule has 2 rings (SSSR count). The van der Waals surface area contributed by atoms with Crippen LogP contribution >= 0.6 is 0 Å². The molecule has 0 spiro atoms. The highest BCUT2D eigenvalue weighted by Gasteiger charge is 2.13. The summed E-state index contributed by atoms with van der Waals surface area (Å²) in [5.74, 6) is -0.690. The molecule has 0 saturated carbocycles. The molecule has 1 heterocycles. The number of hydrogen-bond acceptors (Lipinski definition) is 3. The van der Waals surface area contributed by atoms with Crippen molar-refractivity contribution in [2.45, 2.75) is 0 Å². The van der Waals surface area contributed by atoms with E-state index in [0.29, 0.717) is 11.4 Å². The van der Waals surface area contributed by atoms with Crippen LogP contribution in [0.3, 0.4) is 0 Å².